The van der Waals surface area contributed by atoms with Gasteiger partial charge in [0, 0.05) is 44.0 Å². The van der Waals surface area contributed by atoms with Crippen LogP contribution in [0.25, 0.3) is 6.08 Å². The molecule has 0 saturated heterocycles. The molecule has 0 bridgehead atoms. The zero-order chi connectivity index (χ0) is 11.7. The van der Waals surface area contributed by atoms with Crippen LogP contribution >= 0.6 is 0 Å². The third-order valence-corrected chi connectivity index (χ3v) is 2.44. The van der Waals surface area contributed by atoms with Crippen molar-refractivity contribution in [3.05, 3.63) is 51.3 Å². The number of hydrogen-bond acceptors (Lipinski definition) is 3. The number of hydrogen-bond donors (Lipinski definition) is 2. The third-order valence-electron chi connectivity index (χ3n) is 2.44. The van der Waals surface area contributed by atoms with Crippen molar-refractivity contribution in [2.45, 2.75) is 6.42 Å². The fraction of sp³-hybridized carbons (Fsp3) is 0.250. The number of rotatable bonds is 1. The first-order valence-corrected chi connectivity index (χ1v) is 5.06. The summed E-state index contributed by atoms with van der Waals surface area (Å²) in [6.07, 6.45) is 4.07. The molecule has 1 aromatic heterocycles. The van der Waals surface area contributed by atoms with Crippen LogP contribution in [-0.4, -0.2) is 29.1 Å². The van der Waals surface area contributed by atoms with Gasteiger partial charge in [-0.3, -0.25) is 4.79 Å². The molecule has 2 rings (SSSR count). The molecule has 0 saturated carbocycles. The third kappa shape index (κ3) is 2.00. The van der Waals surface area contributed by atoms with Crippen LogP contribution in [0.15, 0.2) is 34.5 Å². The predicted octanol–water partition coefficient (Wildman–Crippen LogP) is 1.28. The van der Waals surface area contributed by atoms with Crippen LogP contribution in [0.1, 0.15) is 11.3 Å². The lowest BCUT2D eigenvalue weighted by Gasteiger charge is -2.17. The zero-order valence-electron chi connectivity index (χ0n) is 9.32. The van der Waals surface area contributed by atoms with Crippen molar-refractivity contribution in [2.24, 2.45) is 0 Å². The summed E-state index contributed by atoms with van der Waals surface area (Å²) < 4.78 is 0. The summed E-state index contributed by atoms with van der Waals surface area (Å²) in [4.78, 5) is 15.8. The Balaban J connectivity index is 2.47. The normalized spacial score (nSPS) is 16.9. The topological polar surface area (TPSA) is 56.3 Å². The van der Waals surface area contributed by atoms with E-state index in [9.17, 15) is 9.90 Å². The van der Waals surface area contributed by atoms with E-state index in [0.717, 1.165) is 16.8 Å². The Morgan fingerprint density at radius 2 is 2.19 bits per heavy atom. The highest BCUT2D eigenvalue weighted by Crippen LogP contribution is 2.24. The maximum atomic E-state index is 11.2. The summed E-state index contributed by atoms with van der Waals surface area (Å²) in [5, 5.41) is 9.81. The van der Waals surface area contributed by atoms with Gasteiger partial charge in [-0.2, -0.15) is 0 Å². The first-order chi connectivity index (χ1) is 7.56. The van der Waals surface area contributed by atoms with Crippen LogP contribution in [0.4, 0.5) is 0 Å². The van der Waals surface area contributed by atoms with Gasteiger partial charge in [0.25, 0.3) is 0 Å². The number of pyridine rings is 1. The first kappa shape index (κ1) is 10.5. The molecule has 0 unspecified atom stereocenters. The number of aromatic amines is 1. The van der Waals surface area contributed by atoms with E-state index in [1.165, 1.54) is 6.07 Å². The number of fused-ring (bicyclic) bond motifs is 1. The number of H-pyrrole nitrogens is 1. The molecule has 1 aliphatic carbocycles. The summed E-state index contributed by atoms with van der Waals surface area (Å²) in [5.41, 5.74) is 2.41. The van der Waals surface area contributed by atoms with E-state index in [4.69, 9.17) is 0 Å². The van der Waals surface area contributed by atoms with E-state index in [0.29, 0.717) is 6.42 Å². The largest absolute Gasteiger partial charge is 0.508 e. The van der Waals surface area contributed by atoms with Gasteiger partial charge in [-0.25, -0.2) is 0 Å². The standard InChI is InChI=1S/C12H14N2O2/c1-14(2)7-9-5-10-8(6-11(9)15)3-4-12(16)13-10/h3-4,6-7,15H,5H2,1-2H3,(H,13,16)/b9-7+. The van der Waals surface area contributed by atoms with E-state index in [2.05, 4.69) is 4.98 Å². The van der Waals surface area contributed by atoms with Gasteiger partial charge in [0.2, 0.25) is 5.56 Å². The van der Waals surface area contributed by atoms with Crippen LogP contribution < -0.4 is 5.56 Å². The molecule has 0 fully saturated rings. The van der Waals surface area contributed by atoms with Crippen molar-refractivity contribution >= 4 is 6.08 Å². The number of aliphatic hydroxyl groups is 1. The van der Waals surface area contributed by atoms with E-state index in [1.54, 1.807) is 12.1 Å². The van der Waals surface area contributed by atoms with Crippen molar-refractivity contribution in [1.29, 1.82) is 0 Å². The zero-order valence-corrected chi connectivity index (χ0v) is 9.32. The average molecular weight is 218 g/mol. The van der Waals surface area contributed by atoms with Gasteiger partial charge in [0.1, 0.15) is 5.76 Å². The molecule has 0 spiro atoms. The van der Waals surface area contributed by atoms with Gasteiger partial charge in [0.05, 0.1) is 0 Å². The Labute approximate surface area is 93.5 Å². The molecule has 2 N–H and O–H groups in total. The Hall–Kier alpha value is -1.97. The van der Waals surface area contributed by atoms with Crippen LogP contribution in [0, 0.1) is 0 Å². The van der Waals surface area contributed by atoms with E-state index < -0.39 is 0 Å². The maximum Gasteiger partial charge on any atom is 0.248 e. The number of allylic oxidation sites excluding steroid dienone is 1. The monoisotopic (exact) mass is 218 g/mol. The molecule has 1 aliphatic rings. The molecule has 0 atom stereocenters. The Bertz CT molecular complexity index is 524. The van der Waals surface area contributed by atoms with Gasteiger partial charge in [-0.05, 0) is 17.7 Å². The average Bonchev–Trinajstić information content (AvgIpc) is 2.19. The lowest BCUT2D eigenvalue weighted by atomic mass is 9.97. The maximum absolute atomic E-state index is 11.2. The van der Waals surface area contributed by atoms with Gasteiger partial charge in [-0.15, -0.1) is 0 Å². The van der Waals surface area contributed by atoms with Crippen LogP contribution in [-0.2, 0) is 6.42 Å². The number of nitrogens with one attached hydrogen (secondary N) is 1. The first-order valence-electron chi connectivity index (χ1n) is 5.06. The molecule has 0 aliphatic heterocycles. The van der Waals surface area contributed by atoms with Gasteiger partial charge in [-0.1, -0.05) is 0 Å². The molecule has 4 nitrogen and oxygen atoms in total. The highest BCUT2D eigenvalue weighted by molar-refractivity contribution is 5.62. The van der Waals surface area contributed by atoms with E-state index in [1.807, 2.05) is 25.2 Å². The second kappa shape index (κ2) is 3.89. The molecule has 84 valence electrons. The molecule has 16 heavy (non-hydrogen) atoms. The summed E-state index contributed by atoms with van der Waals surface area (Å²) in [5.74, 6) is 0.258. The molecule has 1 aromatic rings. The summed E-state index contributed by atoms with van der Waals surface area (Å²) >= 11 is 0. The molecule has 0 aromatic carbocycles. The fourth-order valence-corrected chi connectivity index (χ4v) is 1.75. The van der Waals surface area contributed by atoms with Gasteiger partial charge < -0.3 is 15.0 Å². The van der Waals surface area contributed by atoms with Crippen molar-refractivity contribution in [2.75, 3.05) is 14.1 Å². The minimum Gasteiger partial charge on any atom is -0.508 e. The smallest absolute Gasteiger partial charge is 0.248 e. The number of nitrogens with zero attached hydrogens (tertiary/aromatic N) is 1. The number of aliphatic hydroxyl groups excluding tert-OH is 1. The van der Waals surface area contributed by atoms with Crippen LogP contribution in [0.5, 0.6) is 0 Å². The Morgan fingerprint density at radius 3 is 2.88 bits per heavy atom. The quantitative estimate of drug-likeness (QED) is 0.746. The van der Waals surface area contributed by atoms with Crippen molar-refractivity contribution in [1.82, 2.24) is 9.88 Å². The predicted molar refractivity (Wildman–Crippen MR) is 63.1 cm³/mol. The summed E-state index contributed by atoms with van der Waals surface area (Å²) in [6.45, 7) is 0. The minimum absolute atomic E-state index is 0.113. The lowest BCUT2D eigenvalue weighted by molar-refractivity contribution is 0.418. The molecule has 4 heteroatoms. The van der Waals surface area contributed by atoms with E-state index in [-0.39, 0.29) is 11.3 Å². The highest BCUT2D eigenvalue weighted by Gasteiger charge is 2.15. The Kier molecular flexibility index (Phi) is 2.56. The summed E-state index contributed by atoms with van der Waals surface area (Å²) in [7, 11) is 3.78. The fourth-order valence-electron chi connectivity index (χ4n) is 1.75. The van der Waals surface area contributed by atoms with Crippen LogP contribution in [0.2, 0.25) is 0 Å². The molecular weight excluding hydrogens is 204 g/mol. The summed E-state index contributed by atoms with van der Waals surface area (Å²) in [6, 6.07) is 3.18. The van der Waals surface area contributed by atoms with Gasteiger partial charge in [0.15, 0.2) is 0 Å². The van der Waals surface area contributed by atoms with Crippen molar-refractivity contribution in [3.63, 3.8) is 0 Å². The molecule has 0 amide bonds. The minimum atomic E-state index is -0.113. The lowest BCUT2D eigenvalue weighted by Crippen LogP contribution is -2.14. The molecule has 0 radical (unpaired) electrons. The molecule has 1 heterocycles. The van der Waals surface area contributed by atoms with Gasteiger partial charge >= 0.3 is 0 Å². The number of aromatic nitrogens is 1. The second-order valence-electron chi connectivity index (χ2n) is 4.08. The SMILES string of the molecule is CN(C)/C=C1\Cc2[nH]c(=O)ccc2C=C1O. The molecular formula is C12H14N2O2. The van der Waals surface area contributed by atoms with E-state index >= 15 is 0 Å². The second-order valence-corrected chi connectivity index (χ2v) is 4.08. The van der Waals surface area contributed by atoms with Crippen molar-refractivity contribution < 1.29 is 5.11 Å². The highest BCUT2D eigenvalue weighted by atomic mass is 16.3. The Morgan fingerprint density at radius 1 is 1.44 bits per heavy atom. The van der Waals surface area contributed by atoms with Crippen molar-refractivity contribution in [3.8, 4) is 0 Å². The van der Waals surface area contributed by atoms with Crippen LogP contribution in [0.3, 0.4) is 0 Å².